The Morgan fingerprint density at radius 3 is 2.04 bits per heavy atom. The molecule has 0 bridgehead atoms. The van der Waals surface area contributed by atoms with E-state index in [-0.39, 0.29) is 22.4 Å². The molecule has 2 aliphatic heterocycles. The third kappa shape index (κ3) is 8.34. The average molecular weight is 973 g/mol. The number of carbonyl (C=O) groups excluding carboxylic acids is 4. The first kappa shape index (κ1) is 51.0. The van der Waals surface area contributed by atoms with E-state index in [4.69, 9.17) is 23.7 Å². The van der Waals surface area contributed by atoms with E-state index in [2.05, 4.69) is 5.32 Å². The van der Waals surface area contributed by atoms with Gasteiger partial charge in [0.2, 0.25) is 5.91 Å². The molecule has 24 nitrogen and oxygen atoms in total. The Morgan fingerprint density at radius 2 is 1.43 bits per heavy atom. The lowest BCUT2D eigenvalue weighted by molar-refractivity contribution is -0.345. The Labute approximate surface area is 391 Å². The van der Waals surface area contributed by atoms with Crippen molar-refractivity contribution in [3.05, 3.63) is 68.8 Å². The number of amides is 2. The fraction of sp³-hybridized carbons (Fsp3) is 0.489. The number of nitrogens with zero attached hydrogens (tertiary/aromatic N) is 1. The van der Waals surface area contributed by atoms with Crippen molar-refractivity contribution in [3.63, 3.8) is 0 Å². The van der Waals surface area contributed by atoms with Crippen LogP contribution in [0.5, 0.6) is 23.0 Å². The van der Waals surface area contributed by atoms with Crippen LogP contribution < -0.4 is 10.1 Å². The van der Waals surface area contributed by atoms with Gasteiger partial charge in [-0.25, -0.2) is 0 Å². The van der Waals surface area contributed by atoms with Crippen LogP contribution >= 0.6 is 0 Å². The van der Waals surface area contributed by atoms with E-state index in [0.29, 0.717) is 0 Å². The van der Waals surface area contributed by atoms with Crippen molar-refractivity contribution in [3.8, 4) is 34.1 Å². The molecule has 3 aromatic carbocycles. The number of hydrogen-bond donors (Lipinski definition) is 13. The van der Waals surface area contributed by atoms with E-state index in [1.54, 1.807) is 0 Å². The number of ether oxygens (including phenoxy) is 5. The highest BCUT2D eigenvalue weighted by Crippen LogP contribution is 2.57. The number of rotatable bonds is 13. The number of aryl methyl sites for hydroxylation is 1. The molecule has 2 fully saturated rings. The highest BCUT2D eigenvalue weighted by molar-refractivity contribution is 6.31. The molecule has 69 heavy (non-hydrogen) atoms. The second-order valence-corrected chi connectivity index (χ2v) is 17.5. The van der Waals surface area contributed by atoms with Gasteiger partial charge in [-0.1, -0.05) is 6.07 Å². The maximum absolute atomic E-state index is 14.2. The van der Waals surface area contributed by atoms with Crippen LogP contribution in [0.3, 0.4) is 0 Å². The highest BCUT2D eigenvalue weighted by Gasteiger charge is 2.55. The van der Waals surface area contributed by atoms with Gasteiger partial charge in [0.15, 0.2) is 24.1 Å². The summed E-state index contributed by atoms with van der Waals surface area (Å²) in [5.74, 6) is -8.22. The van der Waals surface area contributed by atoms with Gasteiger partial charge >= 0.3 is 5.97 Å². The number of phenols is 3. The number of carboxylic acid groups (broad SMARTS) is 1. The van der Waals surface area contributed by atoms with Crippen molar-refractivity contribution in [2.24, 2.45) is 5.41 Å². The summed E-state index contributed by atoms with van der Waals surface area (Å²) in [4.78, 5) is 68.5. The first-order valence-electron chi connectivity index (χ1n) is 21.4. The second-order valence-electron chi connectivity index (χ2n) is 17.5. The predicted octanol–water partition coefficient (Wildman–Crippen LogP) is -2.41. The fourth-order valence-corrected chi connectivity index (χ4v) is 9.28. The minimum Gasteiger partial charge on any atom is -0.507 e. The standard InChI is InChI=1S/C45H52N2O22/c1-14-6-21-27(34(57)24(14)40(61)46-15(2)41(62)63)26-19(9-20-28(35(26)58)31(54)18-7-17(65-5)8-22(51)25(18)30(20)53)32(55)38(21)68-43-37(60)39(69-42-36(59)33(56)23(52)10-66-42)29(16(3)67-43)47(4)44(64)45(11-48,12-49)13-50/h6-9,15-16,23,29,32-33,36-39,42-43,48-52,55-60H,10-13H2,1-5H3,(H,46,61)(H,62,63)/t15?,16?,23?,29?,32-,33?,36?,37?,38-,39?,42?,43?/m0/s1. The number of ketones is 2. The van der Waals surface area contributed by atoms with Crippen LogP contribution in [0.25, 0.3) is 11.1 Å². The molecule has 2 aliphatic carbocycles. The smallest absolute Gasteiger partial charge is 0.325 e. The number of aliphatic hydroxyl groups excluding tert-OH is 8. The lowest BCUT2D eigenvalue weighted by Crippen LogP contribution is -2.68. The van der Waals surface area contributed by atoms with Gasteiger partial charge in [-0.15, -0.1) is 0 Å². The zero-order valence-corrected chi connectivity index (χ0v) is 37.5. The largest absolute Gasteiger partial charge is 0.507 e. The molecule has 7 rings (SSSR count). The number of methoxy groups -OCH3 is 1. The number of phenolic OH excluding ortho intramolecular Hbond substituents is 3. The third-order valence-corrected chi connectivity index (χ3v) is 13.2. The molecule has 0 aromatic heterocycles. The molecule has 13 N–H and O–H groups in total. The number of hydrogen-bond acceptors (Lipinski definition) is 21. The number of carboxylic acids is 1. The Morgan fingerprint density at radius 1 is 0.826 bits per heavy atom. The number of nitrogens with one attached hydrogen (secondary N) is 1. The SMILES string of the molecule is COc1cc(O)c2c(c1)C(=O)c1c(cc3c(c1O)-c1c(cc(C)c(C(=O)NC(C)C(=O)O)c1O)[C@H](OC1OC(C)C(N(C)C(=O)C(CO)(CO)CO)C(OC4OCC(O)C(O)C4O)C1O)[C@H]3O)C2=O. The van der Waals surface area contributed by atoms with Gasteiger partial charge in [-0.2, -0.15) is 0 Å². The molecule has 2 amide bonds. The van der Waals surface area contributed by atoms with Gasteiger partial charge < -0.3 is 95.2 Å². The van der Waals surface area contributed by atoms with Gasteiger partial charge in [0, 0.05) is 35.4 Å². The van der Waals surface area contributed by atoms with Crippen LogP contribution in [0.2, 0.25) is 0 Å². The number of likely N-dealkylation sites (N-methyl/N-ethyl adjacent to an activating group) is 1. The third-order valence-electron chi connectivity index (χ3n) is 13.2. The quantitative estimate of drug-likeness (QED) is 0.0664. The zero-order chi connectivity index (χ0) is 50.9. The summed E-state index contributed by atoms with van der Waals surface area (Å²) in [5.41, 5.74) is -6.41. The summed E-state index contributed by atoms with van der Waals surface area (Å²) in [6, 6.07) is 1.46. The summed E-state index contributed by atoms with van der Waals surface area (Å²) in [5, 5.41) is 133. The lowest BCUT2D eigenvalue weighted by atomic mass is 9.74. The highest BCUT2D eigenvalue weighted by atomic mass is 16.7. The molecule has 3 aromatic rings. The Bertz CT molecular complexity index is 2570. The van der Waals surface area contributed by atoms with E-state index in [0.717, 1.165) is 37.1 Å². The van der Waals surface area contributed by atoms with Gasteiger partial charge in [-0.3, -0.25) is 24.0 Å². The molecule has 24 heteroatoms. The van der Waals surface area contributed by atoms with E-state index in [1.807, 2.05) is 0 Å². The lowest BCUT2D eigenvalue weighted by Gasteiger charge is -2.50. The van der Waals surface area contributed by atoms with Crippen molar-refractivity contribution in [1.29, 1.82) is 0 Å². The summed E-state index contributed by atoms with van der Waals surface area (Å²) in [6.45, 7) is 0.113. The number of benzene rings is 3. The van der Waals surface area contributed by atoms with Crippen LogP contribution in [-0.2, 0) is 28.5 Å². The Kier molecular flexibility index (Phi) is 14.1. The van der Waals surface area contributed by atoms with Gasteiger partial charge in [0.1, 0.15) is 77.2 Å². The molecular weight excluding hydrogens is 920 g/mol. The van der Waals surface area contributed by atoms with Crippen molar-refractivity contribution in [1.82, 2.24) is 10.2 Å². The number of carbonyl (C=O) groups is 5. The molecule has 0 radical (unpaired) electrons. The second kappa shape index (κ2) is 19.1. The first-order chi connectivity index (χ1) is 32.5. The molecule has 10 unspecified atom stereocenters. The monoisotopic (exact) mass is 972 g/mol. The van der Waals surface area contributed by atoms with Crippen LogP contribution in [0.15, 0.2) is 24.3 Å². The summed E-state index contributed by atoms with van der Waals surface area (Å²) in [6.07, 6.45) is -18.3. The van der Waals surface area contributed by atoms with Crippen molar-refractivity contribution in [2.75, 3.05) is 40.6 Å². The van der Waals surface area contributed by atoms with E-state index in [1.165, 1.54) is 27.0 Å². The zero-order valence-electron chi connectivity index (χ0n) is 37.5. The average Bonchev–Trinajstić information content (AvgIpc) is 3.30. The van der Waals surface area contributed by atoms with Crippen molar-refractivity contribution < 1.29 is 109 Å². The minimum atomic E-state index is -2.17. The van der Waals surface area contributed by atoms with E-state index < -0.39 is 191 Å². The predicted molar refractivity (Wildman–Crippen MR) is 228 cm³/mol. The summed E-state index contributed by atoms with van der Waals surface area (Å²) >= 11 is 0. The normalized spacial score (nSPS) is 27.9. The summed E-state index contributed by atoms with van der Waals surface area (Å²) in [7, 11) is 2.39. The van der Waals surface area contributed by atoms with Gasteiger partial charge in [0.25, 0.3) is 5.91 Å². The molecule has 2 heterocycles. The fourth-order valence-electron chi connectivity index (χ4n) is 9.28. The van der Waals surface area contributed by atoms with E-state index >= 15 is 0 Å². The number of fused-ring (bicyclic) bond motifs is 5. The molecule has 0 saturated carbocycles. The maximum atomic E-state index is 14.2. The van der Waals surface area contributed by atoms with Crippen molar-refractivity contribution in [2.45, 2.75) is 94.3 Å². The molecule has 0 spiro atoms. The van der Waals surface area contributed by atoms with E-state index in [9.17, 15) is 85.3 Å². The molecule has 4 aliphatic rings. The van der Waals surface area contributed by atoms with Gasteiger partial charge in [0.05, 0.1) is 62.4 Å². The van der Waals surface area contributed by atoms with Gasteiger partial charge in [-0.05, 0) is 49.6 Å². The summed E-state index contributed by atoms with van der Waals surface area (Å²) < 4.78 is 29.1. The van der Waals surface area contributed by atoms with Crippen LogP contribution in [0.4, 0.5) is 0 Å². The maximum Gasteiger partial charge on any atom is 0.325 e. The number of aliphatic hydroxyl groups is 8. The topological polar surface area (TPSA) is 390 Å². The van der Waals surface area contributed by atoms with Crippen molar-refractivity contribution >= 4 is 29.4 Å². The number of aliphatic carboxylic acids is 1. The minimum absolute atomic E-state index is 0.0283. The Hall–Kier alpha value is -5.87. The van der Waals surface area contributed by atoms with Crippen LogP contribution in [0.1, 0.15) is 84.9 Å². The Balaban J connectivity index is 1.38. The molecule has 374 valence electrons. The first-order valence-corrected chi connectivity index (χ1v) is 21.4. The molecular formula is C45H52N2O22. The van der Waals surface area contributed by atoms with Crippen LogP contribution in [0, 0.1) is 12.3 Å². The molecule has 2 saturated heterocycles. The molecule has 12 atom stereocenters. The van der Waals surface area contributed by atoms with Crippen LogP contribution in [-0.4, -0.2) is 197 Å². The number of aromatic hydroxyl groups is 3.